The first-order valence-corrected chi connectivity index (χ1v) is 9.37. The van der Waals surface area contributed by atoms with Crippen molar-refractivity contribution >= 4 is 38.5 Å². The number of nitrogens with zero attached hydrogens (tertiary/aromatic N) is 1. The van der Waals surface area contributed by atoms with Crippen LogP contribution in [0.5, 0.6) is 0 Å². The van der Waals surface area contributed by atoms with Crippen LogP contribution in [0.15, 0.2) is 45.9 Å². The summed E-state index contributed by atoms with van der Waals surface area (Å²) in [6.45, 7) is 0.410. The van der Waals surface area contributed by atoms with Gasteiger partial charge in [0.25, 0.3) is 5.91 Å². The summed E-state index contributed by atoms with van der Waals surface area (Å²) in [5.41, 5.74) is 0.341. The molecule has 0 spiro atoms. The maximum absolute atomic E-state index is 12.3. The van der Waals surface area contributed by atoms with Crippen LogP contribution in [-0.2, 0) is 16.4 Å². The smallest absolute Gasteiger partial charge is 0.252 e. The molecule has 2 rings (SSSR count). The Labute approximate surface area is 149 Å². The molecule has 0 aliphatic rings. The highest BCUT2D eigenvalue weighted by atomic mass is 127. The van der Waals surface area contributed by atoms with E-state index in [1.807, 2.05) is 28.7 Å². The van der Waals surface area contributed by atoms with Gasteiger partial charge in [0.15, 0.2) is 0 Å². The Balaban J connectivity index is 2.13. The number of hydrogen-bond donors (Lipinski definition) is 1. The van der Waals surface area contributed by atoms with E-state index in [9.17, 15) is 13.2 Å². The van der Waals surface area contributed by atoms with Crippen LogP contribution >= 0.6 is 22.6 Å². The van der Waals surface area contributed by atoms with Gasteiger partial charge in [-0.3, -0.25) is 4.79 Å². The fourth-order valence-corrected chi connectivity index (χ4v) is 3.41. The van der Waals surface area contributed by atoms with Crippen molar-refractivity contribution in [3.8, 4) is 0 Å². The van der Waals surface area contributed by atoms with Gasteiger partial charge in [0, 0.05) is 30.6 Å². The number of carbonyl (C=O) groups is 1. The van der Waals surface area contributed by atoms with E-state index in [0.29, 0.717) is 22.1 Å². The van der Waals surface area contributed by atoms with Crippen molar-refractivity contribution in [3.63, 3.8) is 0 Å². The molecule has 1 heterocycles. The second-order valence-corrected chi connectivity index (χ2v) is 8.33. The molecule has 6 nitrogen and oxygen atoms in total. The van der Waals surface area contributed by atoms with E-state index in [1.54, 1.807) is 18.4 Å². The number of amides is 1. The highest BCUT2D eigenvalue weighted by Gasteiger charge is 2.20. The third kappa shape index (κ3) is 4.33. The van der Waals surface area contributed by atoms with Crippen molar-refractivity contribution in [3.05, 3.63) is 51.5 Å². The highest BCUT2D eigenvalue weighted by molar-refractivity contribution is 14.1. The molecule has 0 radical (unpaired) electrons. The largest absolute Gasteiger partial charge is 0.469 e. The minimum Gasteiger partial charge on any atom is -0.469 e. The highest BCUT2D eigenvalue weighted by Crippen LogP contribution is 2.20. The molecular formula is C15H17IN2O4S. The van der Waals surface area contributed by atoms with E-state index in [4.69, 9.17) is 4.42 Å². The Bertz CT molecular complexity index is 786. The Kier molecular flexibility index (Phi) is 5.82. The summed E-state index contributed by atoms with van der Waals surface area (Å²) in [6.07, 6.45) is 2.15. The molecule has 0 aliphatic carbocycles. The minimum absolute atomic E-state index is 0.0964. The third-order valence-corrected chi connectivity index (χ3v) is 5.95. The van der Waals surface area contributed by atoms with Gasteiger partial charge in [0.2, 0.25) is 10.0 Å². The number of furan rings is 1. The van der Waals surface area contributed by atoms with Crippen LogP contribution in [0.3, 0.4) is 0 Å². The van der Waals surface area contributed by atoms with Gasteiger partial charge in [0.05, 0.1) is 16.7 Å². The molecule has 0 fully saturated rings. The summed E-state index contributed by atoms with van der Waals surface area (Å²) >= 11 is 2.01. The normalized spacial score (nSPS) is 11.7. The van der Waals surface area contributed by atoms with Crippen LogP contribution in [0.1, 0.15) is 16.1 Å². The number of carbonyl (C=O) groups excluding carboxylic acids is 1. The van der Waals surface area contributed by atoms with Gasteiger partial charge in [-0.25, -0.2) is 12.7 Å². The first-order chi connectivity index (χ1) is 10.8. The van der Waals surface area contributed by atoms with E-state index in [-0.39, 0.29) is 10.8 Å². The van der Waals surface area contributed by atoms with E-state index in [0.717, 1.165) is 10.1 Å². The fraction of sp³-hybridized carbons (Fsp3) is 0.267. The molecule has 124 valence electrons. The van der Waals surface area contributed by atoms with Crippen LogP contribution in [-0.4, -0.2) is 39.3 Å². The standard InChI is InChI=1S/C15H17IN2O4S/c1-18(2)23(20,21)12-5-6-14(16)13(10-12)15(19)17-8-7-11-4-3-9-22-11/h3-6,9-10H,7-8H2,1-2H3,(H,17,19). The number of benzene rings is 1. The molecule has 23 heavy (non-hydrogen) atoms. The summed E-state index contributed by atoms with van der Waals surface area (Å²) in [5, 5.41) is 2.77. The lowest BCUT2D eigenvalue weighted by atomic mass is 10.2. The van der Waals surface area contributed by atoms with E-state index in [1.165, 1.54) is 26.2 Å². The van der Waals surface area contributed by atoms with Gasteiger partial charge in [-0.05, 0) is 52.9 Å². The summed E-state index contributed by atoms with van der Waals surface area (Å²) < 4.78 is 31.3. The molecule has 0 atom stereocenters. The molecule has 1 N–H and O–H groups in total. The fourth-order valence-electron chi connectivity index (χ4n) is 1.90. The second kappa shape index (κ2) is 7.45. The topological polar surface area (TPSA) is 79.6 Å². The molecule has 1 amide bonds. The maximum atomic E-state index is 12.3. The lowest BCUT2D eigenvalue weighted by Gasteiger charge is -2.13. The molecule has 0 saturated heterocycles. The number of rotatable bonds is 6. The first kappa shape index (κ1) is 18.0. The predicted molar refractivity (Wildman–Crippen MR) is 94.8 cm³/mol. The lowest BCUT2D eigenvalue weighted by molar-refractivity contribution is 0.0952. The molecule has 0 aliphatic heterocycles. The van der Waals surface area contributed by atoms with E-state index >= 15 is 0 Å². The zero-order valence-electron chi connectivity index (χ0n) is 12.7. The minimum atomic E-state index is -3.57. The van der Waals surface area contributed by atoms with Gasteiger partial charge in [-0.1, -0.05) is 0 Å². The van der Waals surface area contributed by atoms with E-state index in [2.05, 4.69) is 5.32 Å². The first-order valence-electron chi connectivity index (χ1n) is 6.85. The average Bonchev–Trinajstić information content (AvgIpc) is 3.00. The summed E-state index contributed by atoms with van der Waals surface area (Å²) in [5.74, 6) is 0.473. The third-order valence-electron chi connectivity index (χ3n) is 3.20. The number of nitrogens with one attached hydrogen (secondary N) is 1. The quantitative estimate of drug-likeness (QED) is 0.687. The van der Waals surface area contributed by atoms with Crippen molar-refractivity contribution in [2.24, 2.45) is 0 Å². The summed E-state index contributed by atoms with van der Waals surface area (Å²) in [4.78, 5) is 12.4. The maximum Gasteiger partial charge on any atom is 0.252 e. The van der Waals surface area contributed by atoms with Gasteiger partial charge in [0.1, 0.15) is 5.76 Å². The van der Waals surface area contributed by atoms with Crippen LogP contribution in [0.25, 0.3) is 0 Å². The Morgan fingerprint density at radius 1 is 1.30 bits per heavy atom. The van der Waals surface area contributed by atoms with Crippen LogP contribution in [0.2, 0.25) is 0 Å². The summed E-state index contributed by atoms with van der Waals surface area (Å²) in [6, 6.07) is 8.14. The molecule has 8 heteroatoms. The van der Waals surface area contributed by atoms with Gasteiger partial charge < -0.3 is 9.73 Å². The molecule has 2 aromatic rings. The lowest BCUT2D eigenvalue weighted by Crippen LogP contribution is -2.27. The Hall–Kier alpha value is -1.39. The van der Waals surface area contributed by atoms with Crippen molar-refractivity contribution in [2.75, 3.05) is 20.6 Å². The molecule has 0 unspecified atom stereocenters. The molecule has 1 aromatic carbocycles. The SMILES string of the molecule is CN(C)S(=O)(=O)c1ccc(I)c(C(=O)NCCc2ccco2)c1. The summed E-state index contributed by atoms with van der Waals surface area (Å²) in [7, 11) is -0.661. The van der Waals surface area contributed by atoms with Gasteiger partial charge >= 0.3 is 0 Å². The van der Waals surface area contributed by atoms with Crippen molar-refractivity contribution in [1.82, 2.24) is 9.62 Å². The molecule has 1 aromatic heterocycles. The van der Waals surface area contributed by atoms with E-state index < -0.39 is 10.0 Å². The van der Waals surface area contributed by atoms with Crippen LogP contribution in [0, 0.1) is 3.57 Å². The molecule has 0 saturated carbocycles. The molecule has 0 bridgehead atoms. The number of sulfonamides is 1. The van der Waals surface area contributed by atoms with Gasteiger partial charge in [-0.2, -0.15) is 0 Å². The van der Waals surface area contributed by atoms with Crippen LogP contribution in [0.4, 0.5) is 0 Å². The predicted octanol–water partition coefficient (Wildman–Crippen LogP) is 2.11. The number of halogens is 1. The Morgan fingerprint density at radius 2 is 2.04 bits per heavy atom. The number of hydrogen-bond acceptors (Lipinski definition) is 4. The zero-order chi connectivity index (χ0) is 17.0. The van der Waals surface area contributed by atoms with Crippen molar-refractivity contribution in [1.29, 1.82) is 0 Å². The average molecular weight is 448 g/mol. The van der Waals surface area contributed by atoms with Gasteiger partial charge in [-0.15, -0.1) is 0 Å². The second-order valence-electron chi connectivity index (χ2n) is 5.01. The Morgan fingerprint density at radius 3 is 2.65 bits per heavy atom. The van der Waals surface area contributed by atoms with Crippen molar-refractivity contribution in [2.45, 2.75) is 11.3 Å². The van der Waals surface area contributed by atoms with Crippen LogP contribution < -0.4 is 5.32 Å². The molecular weight excluding hydrogens is 431 g/mol. The monoisotopic (exact) mass is 448 g/mol. The zero-order valence-corrected chi connectivity index (χ0v) is 15.7. The van der Waals surface area contributed by atoms with Crippen molar-refractivity contribution < 1.29 is 17.6 Å².